The molecule has 0 saturated carbocycles. The lowest BCUT2D eigenvalue weighted by Gasteiger charge is -2.44. The summed E-state index contributed by atoms with van der Waals surface area (Å²) in [6, 6.07) is 15.0. The van der Waals surface area contributed by atoms with Crippen molar-refractivity contribution in [1.29, 1.82) is 5.26 Å². The van der Waals surface area contributed by atoms with Gasteiger partial charge in [-0.3, -0.25) is 4.90 Å². The molecule has 2 fully saturated rings. The van der Waals surface area contributed by atoms with Gasteiger partial charge in [-0.25, -0.2) is 0 Å². The van der Waals surface area contributed by atoms with E-state index in [0.29, 0.717) is 18.2 Å². The molecule has 1 atom stereocenters. The molecule has 0 radical (unpaired) electrons. The largest absolute Gasteiger partial charge is 0.379 e. The highest BCUT2D eigenvalue weighted by Crippen LogP contribution is 2.28. The minimum Gasteiger partial charge on any atom is -0.379 e. The molecule has 158 valence electrons. The van der Waals surface area contributed by atoms with Crippen LogP contribution in [0.2, 0.25) is 0 Å². The highest BCUT2D eigenvalue weighted by atomic mass is 16.5. The Labute approximate surface area is 182 Å². The molecular weight excluding hydrogens is 388 g/mol. The van der Waals surface area contributed by atoms with Crippen molar-refractivity contribution in [3.63, 3.8) is 0 Å². The Morgan fingerprint density at radius 1 is 1.23 bits per heavy atom. The number of nitrogens with zero attached hydrogens (tertiary/aromatic N) is 5. The monoisotopic (exact) mass is 414 g/mol. The van der Waals surface area contributed by atoms with E-state index in [-0.39, 0.29) is 0 Å². The van der Waals surface area contributed by atoms with Crippen LogP contribution in [-0.4, -0.2) is 60.5 Å². The SMILES string of the molecule is Cc1c(C#N)cccc1CNc1cnnc2ccc(N3CCN4CCOCC4C3)cc12. The van der Waals surface area contributed by atoms with E-state index in [9.17, 15) is 5.26 Å². The van der Waals surface area contributed by atoms with Crippen molar-refractivity contribution in [1.82, 2.24) is 15.1 Å². The Balaban J connectivity index is 1.39. The number of benzene rings is 2. The number of morpholine rings is 1. The maximum Gasteiger partial charge on any atom is 0.0994 e. The predicted octanol–water partition coefficient (Wildman–Crippen LogP) is 2.94. The molecule has 2 aliphatic rings. The molecule has 0 bridgehead atoms. The molecule has 31 heavy (non-hydrogen) atoms. The van der Waals surface area contributed by atoms with Gasteiger partial charge in [-0.1, -0.05) is 12.1 Å². The van der Waals surface area contributed by atoms with Crippen LogP contribution in [0.3, 0.4) is 0 Å². The molecule has 7 nitrogen and oxygen atoms in total. The standard InChI is InChI=1S/C24H26N6O/c1-17-18(12-25)3-2-4-19(17)13-26-24-14-27-28-23-6-5-20(11-22(23)24)30-8-7-29-9-10-31-16-21(29)15-30/h2-6,11,14,21H,7-10,13,15-16H2,1H3,(H,26,28). The van der Waals surface area contributed by atoms with Crippen molar-refractivity contribution in [2.45, 2.75) is 19.5 Å². The molecule has 2 saturated heterocycles. The van der Waals surface area contributed by atoms with Crippen LogP contribution in [-0.2, 0) is 11.3 Å². The van der Waals surface area contributed by atoms with E-state index in [1.54, 1.807) is 6.20 Å². The third-order valence-corrected chi connectivity index (χ3v) is 6.46. The first-order valence-corrected chi connectivity index (χ1v) is 10.8. The first-order chi connectivity index (χ1) is 15.2. The smallest absolute Gasteiger partial charge is 0.0994 e. The zero-order valence-electron chi connectivity index (χ0n) is 17.7. The van der Waals surface area contributed by atoms with Gasteiger partial charge in [0.2, 0.25) is 0 Å². The molecule has 2 aromatic carbocycles. The Bertz CT molecular complexity index is 1140. The van der Waals surface area contributed by atoms with Gasteiger partial charge in [-0.2, -0.15) is 15.5 Å². The number of nitrogens with one attached hydrogen (secondary N) is 1. The number of rotatable bonds is 4. The second-order valence-electron chi connectivity index (χ2n) is 8.23. The van der Waals surface area contributed by atoms with Gasteiger partial charge in [0.15, 0.2) is 0 Å². The molecule has 2 aliphatic heterocycles. The summed E-state index contributed by atoms with van der Waals surface area (Å²) in [5, 5.41) is 22.4. The molecule has 1 N–H and O–H groups in total. The molecule has 1 unspecified atom stereocenters. The highest BCUT2D eigenvalue weighted by molar-refractivity contribution is 5.92. The first-order valence-electron chi connectivity index (χ1n) is 10.8. The summed E-state index contributed by atoms with van der Waals surface area (Å²) in [6.07, 6.45) is 1.78. The van der Waals surface area contributed by atoms with Gasteiger partial charge in [0.05, 0.1) is 48.3 Å². The molecule has 0 amide bonds. The van der Waals surface area contributed by atoms with Crippen molar-refractivity contribution in [2.75, 3.05) is 49.6 Å². The average Bonchev–Trinajstić information content (AvgIpc) is 2.82. The number of fused-ring (bicyclic) bond motifs is 2. The van der Waals surface area contributed by atoms with E-state index in [0.717, 1.165) is 67.1 Å². The highest BCUT2D eigenvalue weighted by Gasteiger charge is 2.29. The molecule has 7 heteroatoms. The van der Waals surface area contributed by atoms with Crippen LogP contribution in [0, 0.1) is 18.3 Å². The molecule has 0 aliphatic carbocycles. The average molecular weight is 415 g/mol. The van der Waals surface area contributed by atoms with Gasteiger partial charge in [0.25, 0.3) is 0 Å². The number of hydrogen-bond donors (Lipinski definition) is 1. The van der Waals surface area contributed by atoms with Gasteiger partial charge >= 0.3 is 0 Å². The van der Waals surface area contributed by atoms with Gasteiger partial charge < -0.3 is 15.0 Å². The maximum atomic E-state index is 9.29. The van der Waals surface area contributed by atoms with E-state index in [2.05, 4.69) is 49.6 Å². The molecule has 3 aromatic rings. The summed E-state index contributed by atoms with van der Waals surface area (Å²) in [6.45, 7) is 8.37. The van der Waals surface area contributed by atoms with Crippen LogP contribution >= 0.6 is 0 Å². The van der Waals surface area contributed by atoms with E-state index in [1.165, 1.54) is 5.69 Å². The van der Waals surface area contributed by atoms with Gasteiger partial charge in [0.1, 0.15) is 0 Å². The fourth-order valence-electron chi connectivity index (χ4n) is 4.55. The van der Waals surface area contributed by atoms with E-state index in [4.69, 9.17) is 4.74 Å². The van der Waals surface area contributed by atoms with Crippen LogP contribution in [0.1, 0.15) is 16.7 Å². The van der Waals surface area contributed by atoms with Crippen molar-refractivity contribution in [2.24, 2.45) is 0 Å². The number of anilines is 2. The zero-order chi connectivity index (χ0) is 21.2. The molecular formula is C24H26N6O. The van der Waals surface area contributed by atoms with Gasteiger partial charge in [0, 0.05) is 43.8 Å². The lowest BCUT2D eigenvalue weighted by Crippen LogP contribution is -2.58. The van der Waals surface area contributed by atoms with Crippen LogP contribution in [0.5, 0.6) is 0 Å². The Kier molecular flexibility index (Phi) is 5.41. The Hall–Kier alpha value is -3.21. The Morgan fingerprint density at radius 3 is 3.06 bits per heavy atom. The summed E-state index contributed by atoms with van der Waals surface area (Å²) < 4.78 is 5.70. The van der Waals surface area contributed by atoms with Crippen LogP contribution in [0.4, 0.5) is 11.4 Å². The third-order valence-electron chi connectivity index (χ3n) is 6.46. The van der Waals surface area contributed by atoms with Gasteiger partial charge in [-0.05, 0) is 42.3 Å². The van der Waals surface area contributed by atoms with Gasteiger partial charge in [-0.15, -0.1) is 0 Å². The number of piperazine rings is 1. The topological polar surface area (TPSA) is 77.3 Å². The fraction of sp³-hybridized carbons (Fsp3) is 0.375. The number of hydrogen-bond acceptors (Lipinski definition) is 7. The second-order valence-corrected chi connectivity index (χ2v) is 8.23. The third kappa shape index (κ3) is 3.92. The normalized spacial score (nSPS) is 19.1. The minimum atomic E-state index is 0.460. The first kappa shape index (κ1) is 19.7. The summed E-state index contributed by atoms with van der Waals surface area (Å²) in [4.78, 5) is 4.98. The number of ether oxygens (including phenoxy) is 1. The fourth-order valence-corrected chi connectivity index (χ4v) is 4.55. The van der Waals surface area contributed by atoms with Crippen LogP contribution in [0.15, 0.2) is 42.6 Å². The Morgan fingerprint density at radius 2 is 2.16 bits per heavy atom. The van der Waals surface area contributed by atoms with Crippen molar-refractivity contribution in [3.8, 4) is 6.07 Å². The lowest BCUT2D eigenvalue weighted by molar-refractivity contribution is -0.0116. The van der Waals surface area contributed by atoms with Crippen molar-refractivity contribution in [3.05, 3.63) is 59.3 Å². The summed E-state index contributed by atoms with van der Waals surface area (Å²) in [5.74, 6) is 0. The minimum absolute atomic E-state index is 0.460. The van der Waals surface area contributed by atoms with E-state index >= 15 is 0 Å². The maximum absolute atomic E-state index is 9.29. The number of aromatic nitrogens is 2. The summed E-state index contributed by atoms with van der Waals surface area (Å²) in [5.41, 5.74) is 5.86. The van der Waals surface area contributed by atoms with E-state index in [1.807, 2.05) is 25.1 Å². The van der Waals surface area contributed by atoms with Crippen LogP contribution < -0.4 is 10.2 Å². The second kappa shape index (κ2) is 8.50. The van der Waals surface area contributed by atoms with E-state index < -0.39 is 0 Å². The zero-order valence-corrected chi connectivity index (χ0v) is 17.7. The quantitative estimate of drug-likeness (QED) is 0.703. The lowest BCUT2D eigenvalue weighted by atomic mass is 10.0. The number of nitriles is 1. The molecule has 1 aromatic heterocycles. The van der Waals surface area contributed by atoms with Crippen LogP contribution in [0.25, 0.3) is 10.9 Å². The summed E-state index contributed by atoms with van der Waals surface area (Å²) in [7, 11) is 0. The van der Waals surface area contributed by atoms with Crippen molar-refractivity contribution < 1.29 is 4.74 Å². The molecule has 0 spiro atoms. The van der Waals surface area contributed by atoms with Crippen molar-refractivity contribution >= 4 is 22.3 Å². The molecule has 3 heterocycles. The summed E-state index contributed by atoms with van der Waals surface area (Å²) >= 11 is 0. The predicted molar refractivity (Wildman–Crippen MR) is 121 cm³/mol. The molecule has 5 rings (SSSR count).